The Hall–Kier alpha value is -1.89. The minimum atomic E-state index is -3.91. The van der Waals surface area contributed by atoms with E-state index in [1.54, 1.807) is 24.3 Å². The molecule has 0 aromatic heterocycles. The highest BCUT2D eigenvalue weighted by Crippen LogP contribution is 2.20. The monoisotopic (exact) mass is 308 g/mol. The second kappa shape index (κ2) is 6.26. The Morgan fingerprint density at radius 3 is 2.43 bits per heavy atom. The lowest BCUT2D eigenvalue weighted by Crippen LogP contribution is -2.13. The summed E-state index contributed by atoms with van der Waals surface area (Å²) >= 11 is 0. The van der Waals surface area contributed by atoms with Gasteiger partial charge in [-0.1, -0.05) is 29.8 Å². The highest BCUT2D eigenvalue weighted by atomic mass is 32.2. The molecular weight excluding hydrogens is 292 g/mol. The summed E-state index contributed by atoms with van der Waals surface area (Å²) < 4.78 is 28.8. The molecule has 0 amide bonds. The van der Waals surface area contributed by atoms with Crippen LogP contribution in [0.15, 0.2) is 53.4 Å². The van der Waals surface area contributed by atoms with Crippen molar-refractivity contribution < 1.29 is 22.8 Å². The molecule has 2 N–H and O–H groups in total. The molecule has 0 spiro atoms. The first-order valence-electron chi connectivity index (χ1n) is 6.31. The van der Waals surface area contributed by atoms with Gasteiger partial charge in [0.1, 0.15) is 11.9 Å². The number of hydrogen-bond donors (Lipinski definition) is 2. The zero-order valence-corrected chi connectivity index (χ0v) is 12.2. The minimum Gasteiger partial charge on any atom is -0.508 e. The minimum absolute atomic E-state index is 0.00654. The Bertz CT molecular complexity index is 707. The molecule has 6 heteroatoms. The van der Waals surface area contributed by atoms with E-state index >= 15 is 0 Å². The summed E-state index contributed by atoms with van der Waals surface area (Å²) in [5.74, 6) is -0.00654. The highest BCUT2D eigenvalue weighted by Gasteiger charge is 2.18. The van der Waals surface area contributed by atoms with Crippen LogP contribution >= 0.6 is 0 Å². The number of aromatic hydroxyl groups is 1. The van der Waals surface area contributed by atoms with Crippen LogP contribution in [0.2, 0.25) is 0 Å². The van der Waals surface area contributed by atoms with Crippen molar-refractivity contribution in [3.63, 3.8) is 0 Å². The molecule has 0 unspecified atom stereocenters. The van der Waals surface area contributed by atoms with Gasteiger partial charge in [-0.15, -0.1) is 0 Å². The molecule has 0 aliphatic heterocycles. The number of hydrogen-bond acceptors (Lipinski definition) is 5. The van der Waals surface area contributed by atoms with Crippen molar-refractivity contribution >= 4 is 10.1 Å². The van der Waals surface area contributed by atoms with Gasteiger partial charge in [-0.3, -0.25) is 4.18 Å². The lowest BCUT2D eigenvalue weighted by atomic mass is 10.1. The van der Waals surface area contributed by atoms with Crippen molar-refractivity contribution in [3.8, 4) is 5.75 Å². The van der Waals surface area contributed by atoms with Crippen LogP contribution in [0.5, 0.6) is 5.75 Å². The number of phenolic OH excluding ortho intramolecular Hbond substituents is 1. The van der Waals surface area contributed by atoms with E-state index in [0.29, 0.717) is 5.56 Å². The first kappa shape index (κ1) is 15.5. The summed E-state index contributed by atoms with van der Waals surface area (Å²) in [4.78, 5) is 0.0382. The third-order valence-corrected chi connectivity index (χ3v) is 4.24. The molecule has 0 heterocycles. The summed E-state index contributed by atoms with van der Waals surface area (Å²) in [7, 11) is -3.91. The van der Waals surface area contributed by atoms with Crippen LogP contribution in [0.4, 0.5) is 0 Å². The van der Waals surface area contributed by atoms with E-state index in [4.69, 9.17) is 4.18 Å². The molecule has 1 atom stereocenters. The predicted molar refractivity (Wildman–Crippen MR) is 77.4 cm³/mol. The largest absolute Gasteiger partial charge is 0.508 e. The van der Waals surface area contributed by atoms with E-state index in [2.05, 4.69) is 0 Å². The van der Waals surface area contributed by atoms with Gasteiger partial charge < -0.3 is 10.2 Å². The van der Waals surface area contributed by atoms with E-state index < -0.39 is 22.8 Å². The molecule has 0 aliphatic carbocycles. The summed E-state index contributed by atoms with van der Waals surface area (Å²) in [6, 6.07) is 12.2. The lowest BCUT2D eigenvalue weighted by molar-refractivity contribution is 0.111. The molecule has 2 rings (SSSR count). The first-order chi connectivity index (χ1) is 9.88. The quantitative estimate of drug-likeness (QED) is 0.827. The zero-order chi connectivity index (χ0) is 15.5. The second-order valence-corrected chi connectivity index (χ2v) is 6.28. The number of benzene rings is 2. The molecule has 21 heavy (non-hydrogen) atoms. The van der Waals surface area contributed by atoms with Gasteiger partial charge in [-0.05, 0) is 36.8 Å². The van der Waals surface area contributed by atoms with Gasteiger partial charge >= 0.3 is 0 Å². The summed E-state index contributed by atoms with van der Waals surface area (Å²) in [5.41, 5.74) is 1.32. The van der Waals surface area contributed by atoms with Gasteiger partial charge in [0.05, 0.1) is 11.5 Å². The van der Waals surface area contributed by atoms with Gasteiger partial charge in [0, 0.05) is 0 Å². The molecule has 0 bridgehead atoms. The fourth-order valence-electron chi connectivity index (χ4n) is 1.76. The van der Waals surface area contributed by atoms with Crippen LogP contribution in [-0.4, -0.2) is 25.2 Å². The third-order valence-electron chi connectivity index (χ3n) is 2.95. The average Bonchev–Trinajstić information content (AvgIpc) is 2.45. The molecule has 112 valence electrons. The number of rotatable bonds is 5. The van der Waals surface area contributed by atoms with Gasteiger partial charge in [-0.2, -0.15) is 8.42 Å². The normalized spacial score (nSPS) is 13.0. The van der Waals surface area contributed by atoms with E-state index in [1.807, 2.05) is 6.92 Å². The van der Waals surface area contributed by atoms with Crippen molar-refractivity contribution in [1.29, 1.82) is 0 Å². The zero-order valence-electron chi connectivity index (χ0n) is 11.4. The topological polar surface area (TPSA) is 83.8 Å². The molecule has 0 fully saturated rings. The maximum atomic E-state index is 12.0. The predicted octanol–water partition coefficient (Wildman–Crippen LogP) is 2.14. The van der Waals surface area contributed by atoms with E-state index in [1.165, 1.54) is 24.3 Å². The Kier molecular flexibility index (Phi) is 4.62. The lowest BCUT2D eigenvalue weighted by Gasteiger charge is -2.12. The maximum Gasteiger partial charge on any atom is 0.297 e. The van der Waals surface area contributed by atoms with Crippen molar-refractivity contribution in [2.24, 2.45) is 0 Å². The van der Waals surface area contributed by atoms with E-state index in [9.17, 15) is 18.6 Å². The van der Waals surface area contributed by atoms with Gasteiger partial charge in [0.25, 0.3) is 10.1 Å². The van der Waals surface area contributed by atoms with Crippen LogP contribution in [-0.2, 0) is 14.3 Å². The number of phenols is 1. The molecule has 5 nitrogen and oxygen atoms in total. The van der Waals surface area contributed by atoms with Crippen molar-refractivity contribution in [1.82, 2.24) is 0 Å². The Labute approximate surface area is 123 Å². The Morgan fingerprint density at radius 1 is 1.14 bits per heavy atom. The first-order valence-corrected chi connectivity index (χ1v) is 7.72. The molecule has 2 aromatic carbocycles. The SMILES string of the molecule is Cc1ccc(S(=O)(=O)OC[C@H](O)c2cccc(O)c2)cc1. The van der Waals surface area contributed by atoms with Crippen LogP contribution < -0.4 is 0 Å². The smallest absolute Gasteiger partial charge is 0.297 e. The van der Waals surface area contributed by atoms with E-state index in [0.717, 1.165) is 5.56 Å². The third kappa shape index (κ3) is 4.04. The fraction of sp³-hybridized carbons (Fsp3) is 0.200. The van der Waals surface area contributed by atoms with Crippen LogP contribution in [0.3, 0.4) is 0 Å². The molecule has 0 aliphatic rings. The Morgan fingerprint density at radius 2 is 1.81 bits per heavy atom. The molecule has 0 saturated carbocycles. The Balaban J connectivity index is 2.06. The molecular formula is C15H16O5S. The molecule has 2 aromatic rings. The van der Waals surface area contributed by atoms with Crippen LogP contribution in [0, 0.1) is 6.92 Å². The van der Waals surface area contributed by atoms with Gasteiger partial charge in [0.15, 0.2) is 0 Å². The second-order valence-electron chi connectivity index (χ2n) is 4.66. The van der Waals surface area contributed by atoms with E-state index in [-0.39, 0.29) is 10.6 Å². The van der Waals surface area contributed by atoms with Crippen LogP contribution in [0.1, 0.15) is 17.2 Å². The van der Waals surface area contributed by atoms with Crippen molar-refractivity contribution in [2.45, 2.75) is 17.9 Å². The van der Waals surface area contributed by atoms with Crippen LogP contribution in [0.25, 0.3) is 0 Å². The average molecular weight is 308 g/mol. The van der Waals surface area contributed by atoms with Gasteiger partial charge in [-0.25, -0.2) is 0 Å². The van der Waals surface area contributed by atoms with Gasteiger partial charge in [0.2, 0.25) is 0 Å². The fourth-order valence-corrected chi connectivity index (χ4v) is 2.67. The summed E-state index contributed by atoms with van der Waals surface area (Å²) in [6.07, 6.45) is -1.14. The summed E-state index contributed by atoms with van der Waals surface area (Å²) in [6.45, 7) is 1.43. The molecule has 0 saturated heterocycles. The standard InChI is InChI=1S/C15H16O5S/c1-11-5-7-14(8-6-11)21(18,19)20-10-15(17)12-3-2-4-13(16)9-12/h2-9,15-17H,10H2,1H3/t15-/m0/s1. The highest BCUT2D eigenvalue weighted by molar-refractivity contribution is 7.86. The number of aryl methyl sites for hydroxylation is 1. The maximum absolute atomic E-state index is 12.0. The number of aliphatic hydroxyl groups is 1. The van der Waals surface area contributed by atoms with Crippen molar-refractivity contribution in [3.05, 3.63) is 59.7 Å². The van der Waals surface area contributed by atoms with Crippen molar-refractivity contribution in [2.75, 3.05) is 6.61 Å². The number of aliphatic hydroxyl groups excluding tert-OH is 1. The molecule has 0 radical (unpaired) electrons. The summed E-state index contributed by atoms with van der Waals surface area (Å²) in [5, 5.41) is 19.2.